The van der Waals surface area contributed by atoms with Crippen molar-refractivity contribution in [2.45, 2.75) is 11.9 Å². The lowest BCUT2D eigenvalue weighted by Crippen LogP contribution is -3.00. The summed E-state index contributed by atoms with van der Waals surface area (Å²) in [5.74, 6) is 0.113. The maximum Gasteiger partial charge on any atom is 0.316 e. The number of aryl methyl sites for hydroxylation is 1. The summed E-state index contributed by atoms with van der Waals surface area (Å²) >= 11 is 1.24. The first-order valence-electron chi connectivity index (χ1n) is 12.5. The van der Waals surface area contributed by atoms with Gasteiger partial charge in [-0.2, -0.15) is 0 Å². The summed E-state index contributed by atoms with van der Waals surface area (Å²) in [6, 6.07) is 38.3. The molecule has 0 saturated carbocycles. The topological polar surface area (TPSA) is 72.0 Å². The molecule has 5 aromatic rings. The fraction of sp³-hybridized carbons (Fsp3) is 0.0938. The molecule has 40 heavy (non-hydrogen) atoms. The van der Waals surface area contributed by atoms with Gasteiger partial charge < -0.3 is 22.1 Å². The van der Waals surface area contributed by atoms with Crippen LogP contribution in [0.5, 0.6) is 0 Å². The van der Waals surface area contributed by atoms with Crippen molar-refractivity contribution >= 4 is 46.2 Å². The summed E-state index contributed by atoms with van der Waals surface area (Å²) in [6.45, 7) is 2.01. The summed E-state index contributed by atoms with van der Waals surface area (Å²) in [5.41, 5.74) is 1.69. The van der Waals surface area contributed by atoms with Crippen LogP contribution in [0.1, 0.15) is 5.56 Å². The van der Waals surface area contributed by atoms with Crippen molar-refractivity contribution < 1.29 is 21.9 Å². The third kappa shape index (κ3) is 5.75. The number of carbonyl (C=O) groups is 1. The van der Waals surface area contributed by atoms with Crippen LogP contribution < -0.4 is 39.2 Å². The van der Waals surface area contributed by atoms with Crippen molar-refractivity contribution in [2.75, 3.05) is 12.9 Å². The maximum atomic E-state index is 14.4. The highest BCUT2D eigenvalue weighted by molar-refractivity contribution is 8.04. The second-order valence-corrected chi connectivity index (χ2v) is 13.3. The molecule has 4 aromatic carbocycles. The highest BCUT2D eigenvalue weighted by Crippen LogP contribution is 2.54. The van der Waals surface area contributed by atoms with E-state index in [9.17, 15) is 9.59 Å². The van der Waals surface area contributed by atoms with Crippen LogP contribution in [0.2, 0.25) is 0 Å². The molecule has 5 rings (SSSR count). The van der Waals surface area contributed by atoms with Crippen molar-refractivity contribution in [1.29, 1.82) is 0 Å². The Labute approximate surface area is 244 Å². The number of benzene rings is 4. The molecule has 0 saturated heterocycles. The number of hydrogen-bond acceptors (Lipinski definition) is 5. The van der Waals surface area contributed by atoms with E-state index in [1.54, 1.807) is 0 Å². The number of thioether (sulfide) groups is 1. The molecule has 0 atom stereocenters. The number of H-pyrrole nitrogens is 1. The van der Waals surface area contributed by atoms with Crippen molar-refractivity contribution in [1.82, 2.24) is 9.97 Å². The minimum absolute atomic E-state index is 0. The second-order valence-electron chi connectivity index (χ2n) is 8.98. The Morgan fingerprint density at radius 2 is 1.27 bits per heavy atom. The number of methoxy groups -OCH3 is 1. The Morgan fingerprint density at radius 1 is 0.800 bits per heavy atom. The quantitative estimate of drug-likeness (QED) is 0.130. The molecule has 0 aliphatic carbocycles. The molecule has 0 fully saturated rings. The van der Waals surface area contributed by atoms with E-state index in [0.717, 1.165) is 27.0 Å². The molecule has 1 aromatic heterocycles. The molecule has 0 aliphatic heterocycles. The zero-order valence-corrected chi connectivity index (χ0v) is 24.5. The molecule has 0 spiro atoms. The highest BCUT2D eigenvalue weighted by Gasteiger charge is 2.52. The molecule has 202 valence electrons. The molecule has 5 nitrogen and oxygen atoms in total. The highest BCUT2D eigenvalue weighted by atomic mass is 35.5. The van der Waals surface area contributed by atoms with Crippen LogP contribution in [0, 0.1) is 6.92 Å². The van der Waals surface area contributed by atoms with Gasteiger partial charge in [0, 0.05) is 5.56 Å². The number of esters is 1. The first kappa shape index (κ1) is 29.3. The Bertz CT molecular complexity index is 1530. The van der Waals surface area contributed by atoms with Gasteiger partial charge in [0.2, 0.25) is 5.30 Å². The Balaban J connectivity index is 0.00000370. The number of rotatable bonds is 8. The second kappa shape index (κ2) is 13.1. The van der Waals surface area contributed by atoms with Crippen molar-refractivity contribution in [3.05, 3.63) is 131 Å². The lowest BCUT2D eigenvalue weighted by Gasteiger charge is -2.28. The van der Waals surface area contributed by atoms with E-state index in [4.69, 9.17) is 9.72 Å². The molecule has 0 unspecified atom stereocenters. The van der Waals surface area contributed by atoms with E-state index in [1.807, 2.05) is 85.8 Å². The largest absolute Gasteiger partial charge is 1.00 e. The van der Waals surface area contributed by atoms with E-state index in [2.05, 4.69) is 41.4 Å². The zero-order chi connectivity index (χ0) is 27.2. The number of ether oxygens (including phenoxy) is 1. The number of carbonyl (C=O) groups excluding carboxylic acids is 1. The molecular weight excluding hydrogens is 559 g/mol. The molecule has 8 heteroatoms. The van der Waals surface area contributed by atoms with E-state index >= 15 is 0 Å². The summed E-state index contributed by atoms with van der Waals surface area (Å²) in [4.78, 5) is 34.8. The normalized spacial score (nSPS) is 10.9. The van der Waals surface area contributed by atoms with Gasteiger partial charge in [0.15, 0.2) is 7.26 Å². The minimum atomic E-state index is -2.75. The molecule has 1 heterocycles. The number of hydrogen-bond donors (Lipinski definition) is 1. The monoisotopic (exact) mass is 586 g/mol. The first-order valence-corrected chi connectivity index (χ1v) is 15.3. The fourth-order valence-electron chi connectivity index (χ4n) is 4.67. The number of aromatic amines is 1. The van der Waals surface area contributed by atoms with Gasteiger partial charge in [-0.1, -0.05) is 96.2 Å². The fourth-order valence-corrected chi connectivity index (χ4v) is 10.3. The summed E-state index contributed by atoms with van der Waals surface area (Å²) in [5, 5.41) is 4.16. The smallest absolute Gasteiger partial charge is 0.316 e. The van der Waals surface area contributed by atoms with Gasteiger partial charge in [-0.05, 0) is 43.3 Å². The SMILES string of the molecule is COC(=O)CSc1nc(-c2ccc(C)cc2)[nH]c(=O)c1[P+](c1ccccc1)(c1ccccc1)c1ccccc1.[Cl-]. The predicted molar refractivity (Wildman–Crippen MR) is 163 cm³/mol. The van der Waals surface area contributed by atoms with Crippen LogP contribution >= 0.6 is 19.0 Å². The van der Waals surface area contributed by atoms with Gasteiger partial charge in [0.1, 0.15) is 26.8 Å². The maximum absolute atomic E-state index is 14.4. The van der Waals surface area contributed by atoms with E-state index in [-0.39, 0.29) is 29.7 Å². The predicted octanol–water partition coefficient (Wildman–Crippen LogP) is 1.63. The van der Waals surface area contributed by atoms with Gasteiger partial charge >= 0.3 is 5.97 Å². The Morgan fingerprint density at radius 3 is 1.73 bits per heavy atom. The van der Waals surface area contributed by atoms with Crippen LogP contribution in [0.4, 0.5) is 0 Å². The van der Waals surface area contributed by atoms with Crippen molar-refractivity contribution in [3.63, 3.8) is 0 Å². The van der Waals surface area contributed by atoms with E-state index in [1.165, 1.54) is 18.9 Å². The lowest BCUT2D eigenvalue weighted by molar-refractivity contribution is -0.137. The van der Waals surface area contributed by atoms with Crippen LogP contribution in [-0.4, -0.2) is 28.8 Å². The van der Waals surface area contributed by atoms with Gasteiger partial charge in [0.05, 0.1) is 12.9 Å². The third-order valence-electron chi connectivity index (χ3n) is 6.51. The minimum Gasteiger partial charge on any atom is -1.00 e. The van der Waals surface area contributed by atoms with Crippen LogP contribution in [0.25, 0.3) is 11.4 Å². The number of nitrogens with zero attached hydrogens (tertiary/aromatic N) is 1. The molecule has 0 amide bonds. The molecular formula is C32H28ClN2O3PS. The van der Waals surface area contributed by atoms with Crippen molar-refractivity contribution in [3.8, 4) is 11.4 Å². The Hall–Kier alpha value is -3.70. The van der Waals surface area contributed by atoms with Gasteiger partial charge in [-0.25, -0.2) is 4.98 Å². The summed E-state index contributed by atoms with van der Waals surface area (Å²) < 4.78 is 4.95. The average molecular weight is 587 g/mol. The summed E-state index contributed by atoms with van der Waals surface area (Å²) in [6.07, 6.45) is 0. The molecule has 0 bridgehead atoms. The number of aromatic nitrogens is 2. The summed E-state index contributed by atoms with van der Waals surface area (Å²) in [7, 11) is -1.38. The molecule has 1 N–H and O–H groups in total. The standard InChI is InChI=1S/C32H27N2O3PS.ClH/c1-23-18-20-24(21-19-23)30-33-31(36)29(32(34-30)39-22-28(35)37-2)38(25-12-6-3-7-13-25,26-14-8-4-9-15-26)27-16-10-5-11-17-27;/h3-21H,22H2,1-2H3;1H. The van der Waals surface area contributed by atoms with Crippen LogP contribution in [-0.2, 0) is 9.53 Å². The van der Waals surface area contributed by atoms with Crippen molar-refractivity contribution in [2.24, 2.45) is 0 Å². The first-order chi connectivity index (χ1) is 19.0. The number of nitrogens with one attached hydrogen (secondary N) is 1. The molecule has 0 radical (unpaired) electrons. The number of halogens is 1. The average Bonchev–Trinajstić information content (AvgIpc) is 2.99. The van der Waals surface area contributed by atoms with Gasteiger partial charge in [-0.3, -0.25) is 9.59 Å². The lowest BCUT2D eigenvalue weighted by atomic mass is 10.1. The van der Waals surface area contributed by atoms with Crippen LogP contribution in [0.3, 0.4) is 0 Å². The Kier molecular flexibility index (Phi) is 9.59. The van der Waals surface area contributed by atoms with Gasteiger partial charge in [-0.15, -0.1) is 0 Å². The van der Waals surface area contributed by atoms with Gasteiger partial charge in [0.25, 0.3) is 5.56 Å². The van der Waals surface area contributed by atoms with Crippen LogP contribution in [0.15, 0.2) is 125 Å². The van der Waals surface area contributed by atoms with E-state index < -0.39 is 7.26 Å². The zero-order valence-electron chi connectivity index (χ0n) is 22.1. The van der Waals surface area contributed by atoms with E-state index in [0.29, 0.717) is 16.2 Å². The molecule has 0 aliphatic rings. The third-order valence-corrected chi connectivity index (χ3v) is 11.9.